The summed E-state index contributed by atoms with van der Waals surface area (Å²) >= 11 is 0. The van der Waals surface area contributed by atoms with Crippen molar-refractivity contribution < 1.29 is 19.1 Å². The average Bonchev–Trinajstić information content (AvgIpc) is 3.01. The highest BCUT2D eigenvalue weighted by Gasteiger charge is 2.34. The Morgan fingerprint density at radius 2 is 1.76 bits per heavy atom. The van der Waals surface area contributed by atoms with E-state index in [1.165, 1.54) is 0 Å². The SMILES string of the molecule is CC[C@@H]1Oc2ccc(NC(=O)OCc3ccccc3)cc2CN([C@@H](CC)c2ccccc2)C1=O. The number of carbonyl (C=O) groups is 2. The number of amides is 2. The van der Waals surface area contributed by atoms with Gasteiger partial charge in [-0.25, -0.2) is 4.79 Å². The number of anilines is 1. The molecule has 34 heavy (non-hydrogen) atoms. The van der Waals surface area contributed by atoms with E-state index >= 15 is 0 Å². The monoisotopic (exact) mass is 458 g/mol. The third kappa shape index (κ3) is 5.39. The van der Waals surface area contributed by atoms with Crippen LogP contribution in [-0.2, 0) is 22.7 Å². The predicted molar refractivity (Wildman–Crippen MR) is 131 cm³/mol. The number of nitrogens with zero attached hydrogens (tertiary/aromatic N) is 1. The third-order valence-corrected chi connectivity index (χ3v) is 6.01. The molecule has 3 aromatic rings. The highest BCUT2D eigenvalue weighted by Crippen LogP contribution is 2.34. The van der Waals surface area contributed by atoms with Crippen LogP contribution in [0, 0.1) is 0 Å². The van der Waals surface area contributed by atoms with Gasteiger partial charge in [0.05, 0.1) is 12.6 Å². The molecule has 1 aliphatic heterocycles. The van der Waals surface area contributed by atoms with Gasteiger partial charge < -0.3 is 14.4 Å². The van der Waals surface area contributed by atoms with Crippen molar-refractivity contribution in [3.05, 3.63) is 95.6 Å². The van der Waals surface area contributed by atoms with Gasteiger partial charge in [0.15, 0.2) is 6.10 Å². The van der Waals surface area contributed by atoms with E-state index in [1.807, 2.05) is 72.5 Å². The normalized spacial score (nSPS) is 16.1. The van der Waals surface area contributed by atoms with Gasteiger partial charge in [0.2, 0.25) is 0 Å². The van der Waals surface area contributed by atoms with E-state index in [0.717, 1.165) is 23.1 Å². The van der Waals surface area contributed by atoms with E-state index in [4.69, 9.17) is 9.47 Å². The van der Waals surface area contributed by atoms with Crippen molar-refractivity contribution in [2.45, 2.75) is 52.0 Å². The number of nitrogens with one attached hydrogen (secondary N) is 1. The molecular weight excluding hydrogens is 428 g/mol. The molecule has 0 unspecified atom stereocenters. The Labute approximate surface area is 200 Å². The largest absolute Gasteiger partial charge is 0.480 e. The molecule has 2 amide bonds. The molecule has 6 nitrogen and oxygen atoms in total. The second-order valence-corrected chi connectivity index (χ2v) is 8.32. The van der Waals surface area contributed by atoms with Gasteiger partial charge in [-0.3, -0.25) is 10.1 Å². The first kappa shape index (κ1) is 23.4. The van der Waals surface area contributed by atoms with E-state index in [9.17, 15) is 9.59 Å². The molecule has 1 heterocycles. The van der Waals surface area contributed by atoms with Crippen LogP contribution in [-0.4, -0.2) is 23.0 Å². The number of hydrogen-bond donors (Lipinski definition) is 1. The summed E-state index contributed by atoms with van der Waals surface area (Å²) < 4.78 is 11.5. The quantitative estimate of drug-likeness (QED) is 0.465. The number of rotatable bonds is 7. The van der Waals surface area contributed by atoms with Crippen LogP contribution < -0.4 is 10.1 Å². The summed E-state index contributed by atoms with van der Waals surface area (Å²) in [5.74, 6) is 0.639. The summed E-state index contributed by atoms with van der Waals surface area (Å²) in [7, 11) is 0. The molecule has 4 rings (SSSR count). The Morgan fingerprint density at radius 1 is 1.06 bits per heavy atom. The predicted octanol–water partition coefficient (Wildman–Crippen LogP) is 6.09. The molecule has 0 radical (unpaired) electrons. The van der Waals surface area contributed by atoms with Crippen molar-refractivity contribution in [1.82, 2.24) is 4.90 Å². The molecular formula is C28H30N2O4. The number of ether oxygens (including phenoxy) is 2. The lowest BCUT2D eigenvalue weighted by molar-refractivity contribution is -0.141. The molecule has 176 valence electrons. The minimum Gasteiger partial charge on any atom is -0.480 e. The van der Waals surface area contributed by atoms with Gasteiger partial charge >= 0.3 is 6.09 Å². The maximum Gasteiger partial charge on any atom is 0.411 e. The van der Waals surface area contributed by atoms with Crippen LogP contribution in [0.15, 0.2) is 78.9 Å². The summed E-state index contributed by atoms with van der Waals surface area (Å²) in [6, 6.07) is 25.0. The van der Waals surface area contributed by atoms with Gasteiger partial charge in [0, 0.05) is 11.3 Å². The lowest BCUT2D eigenvalue weighted by Crippen LogP contribution is -2.41. The van der Waals surface area contributed by atoms with Crippen molar-refractivity contribution in [3.8, 4) is 5.75 Å². The zero-order valence-corrected chi connectivity index (χ0v) is 19.6. The zero-order chi connectivity index (χ0) is 23.9. The van der Waals surface area contributed by atoms with Crippen LogP contribution >= 0.6 is 0 Å². The second-order valence-electron chi connectivity index (χ2n) is 8.32. The smallest absolute Gasteiger partial charge is 0.411 e. The van der Waals surface area contributed by atoms with Crippen LogP contribution in [0.25, 0.3) is 0 Å². The van der Waals surface area contributed by atoms with E-state index in [2.05, 4.69) is 24.4 Å². The van der Waals surface area contributed by atoms with Gasteiger partial charge in [0.1, 0.15) is 12.4 Å². The maximum atomic E-state index is 13.4. The lowest BCUT2D eigenvalue weighted by Gasteiger charge is -2.32. The summed E-state index contributed by atoms with van der Waals surface area (Å²) in [6.45, 7) is 4.62. The van der Waals surface area contributed by atoms with Crippen LogP contribution in [0.2, 0.25) is 0 Å². The molecule has 2 atom stereocenters. The number of hydrogen-bond acceptors (Lipinski definition) is 4. The highest BCUT2D eigenvalue weighted by atomic mass is 16.5. The summed E-state index contributed by atoms with van der Waals surface area (Å²) in [5, 5.41) is 2.79. The first-order chi connectivity index (χ1) is 16.6. The fraction of sp³-hybridized carbons (Fsp3) is 0.286. The minimum absolute atomic E-state index is 0.0221. The Bertz CT molecular complexity index is 1120. The van der Waals surface area contributed by atoms with Gasteiger partial charge in [0.25, 0.3) is 5.91 Å². The molecule has 0 fully saturated rings. The summed E-state index contributed by atoms with van der Waals surface area (Å²) in [4.78, 5) is 27.7. The molecule has 0 bridgehead atoms. The maximum absolute atomic E-state index is 13.4. The number of carbonyl (C=O) groups excluding carboxylic acids is 2. The van der Waals surface area contributed by atoms with E-state index < -0.39 is 12.2 Å². The molecule has 1 N–H and O–H groups in total. The van der Waals surface area contributed by atoms with Crippen LogP contribution in [0.5, 0.6) is 5.75 Å². The van der Waals surface area contributed by atoms with Crippen molar-refractivity contribution in [1.29, 1.82) is 0 Å². The molecule has 6 heteroatoms. The summed E-state index contributed by atoms with van der Waals surface area (Å²) in [5.41, 5.74) is 3.45. The number of fused-ring (bicyclic) bond motifs is 1. The first-order valence-electron chi connectivity index (χ1n) is 11.7. The average molecular weight is 459 g/mol. The Balaban J connectivity index is 1.54. The van der Waals surface area contributed by atoms with E-state index in [1.54, 1.807) is 6.07 Å². The van der Waals surface area contributed by atoms with Gasteiger partial charge in [-0.05, 0) is 42.2 Å². The van der Waals surface area contributed by atoms with Crippen molar-refractivity contribution in [2.75, 3.05) is 5.32 Å². The van der Waals surface area contributed by atoms with Gasteiger partial charge in [-0.2, -0.15) is 0 Å². The van der Waals surface area contributed by atoms with Gasteiger partial charge in [-0.15, -0.1) is 0 Å². The molecule has 0 saturated heterocycles. The van der Waals surface area contributed by atoms with Crippen LogP contribution in [0.3, 0.4) is 0 Å². The van der Waals surface area contributed by atoms with E-state index in [-0.39, 0.29) is 18.6 Å². The first-order valence-corrected chi connectivity index (χ1v) is 11.7. The molecule has 0 saturated carbocycles. The molecule has 0 aliphatic carbocycles. The lowest BCUT2D eigenvalue weighted by atomic mass is 10.0. The zero-order valence-electron chi connectivity index (χ0n) is 19.6. The topological polar surface area (TPSA) is 67.9 Å². The Hall–Kier alpha value is -3.80. The fourth-order valence-electron chi connectivity index (χ4n) is 4.26. The number of benzene rings is 3. The highest BCUT2D eigenvalue weighted by molar-refractivity contribution is 5.85. The molecule has 1 aliphatic rings. The van der Waals surface area contributed by atoms with Crippen molar-refractivity contribution in [3.63, 3.8) is 0 Å². The second kappa shape index (κ2) is 10.9. The molecule has 3 aromatic carbocycles. The van der Waals surface area contributed by atoms with Crippen LogP contribution in [0.4, 0.5) is 10.5 Å². The summed E-state index contributed by atoms with van der Waals surface area (Å²) in [6.07, 6.45) is 0.277. The van der Waals surface area contributed by atoms with Crippen molar-refractivity contribution >= 4 is 17.7 Å². The van der Waals surface area contributed by atoms with Crippen LogP contribution in [0.1, 0.15) is 49.4 Å². The van der Waals surface area contributed by atoms with Gasteiger partial charge in [-0.1, -0.05) is 74.5 Å². The fourth-order valence-corrected chi connectivity index (χ4v) is 4.26. The van der Waals surface area contributed by atoms with Crippen molar-refractivity contribution in [2.24, 2.45) is 0 Å². The third-order valence-electron chi connectivity index (χ3n) is 6.01. The standard InChI is InChI=1S/C28H30N2O4/c1-3-24(21-13-9-6-10-14-21)30-18-22-17-23(15-16-26(22)34-25(4-2)27(30)31)29-28(32)33-19-20-11-7-5-8-12-20/h5-17,24-25H,3-4,18-19H2,1-2H3,(H,29,32)/t24-,25-/m0/s1. The Morgan fingerprint density at radius 3 is 2.44 bits per heavy atom. The Kier molecular flexibility index (Phi) is 7.48. The van der Waals surface area contributed by atoms with E-state index in [0.29, 0.717) is 24.4 Å². The molecule has 0 aromatic heterocycles. The minimum atomic E-state index is -0.548. The molecule has 0 spiro atoms.